The lowest BCUT2D eigenvalue weighted by molar-refractivity contribution is -0.119. The van der Waals surface area contributed by atoms with E-state index in [-0.39, 0.29) is 10.5 Å². The van der Waals surface area contributed by atoms with E-state index in [2.05, 4.69) is 20.8 Å². The van der Waals surface area contributed by atoms with Crippen molar-refractivity contribution in [1.29, 1.82) is 0 Å². The summed E-state index contributed by atoms with van der Waals surface area (Å²) in [5.41, 5.74) is 1.00. The van der Waals surface area contributed by atoms with Crippen LogP contribution in [0.3, 0.4) is 0 Å². The van der Waals surface area contributed by atoms with E-state index in [4.69, 9.17) is 4.74 Å². The van der Waals surface area contributed by atoms with E-state index in [9.17, 15) is 18.0 Å². The smallest absolute Gasteiger partial charge is 0.340 e. The highest BCUT2D eigenvalue weighted by Gasteiger charge is 2.31. The number of hydrogen-bond acceptors (Lipinski definition) is 8. The Kier molecular flexibility index (Phi) is 7.22. The van der Waals surface area contributed by atoms with Crippen LogP contribution in [0.2, 0.25) is 0 Å². The zero-order valence-electron chi connectivity index (χ0n) is 19.4. The summed E-state index contributed by atoms with van der Waals surface area (Å²) in [6, 6.07) is 12.5. The van der Waals surface area contributed by atoms with E-state index in [1.807, 2.05) is 13.8 Å². The molecule has 1 aliphatic heterocycles. The monoisotopic (exact) mass is 498 g/mol. The molecule has 35 heavy (non-hydrogen) atoms. The zero-order chi connectivity index (χ0) is 25.0. The molecule has 1 fully saturated rings. The second kappa shape index (κ2) is 10.3. The van der Waals surface area contributed by atoms with E-state index in [1.165, 1.54) is 39.6 Å². The Morgan fingerprint density at radius 1 is 1.06 bits per heavy atom. The first-order valence-electron chi connectivity index (χ1n) is 11.1. The molecule has 0 spiro atoms. The number of para-hydroxylation sites is 1. The molecule has 1 saturated heterocycles. The van der Waals surface area contributed by atoms with E-state index in [0.29, 0.717) is 36.3 Å². The molecule has 1 aliphatic rings. The van der Waals surface area contributed by atoms with Crippen LogP contribution >= 0.6 is 0 Å². The lowest BCUT2D eigenvalue weighted by atomic mass is 9.94. The average molecular weight is 499 g/mol. The van der Waals surface area contributed by atoms with Gasteiger partial charge >= 0.3 is 5.97 Å². The molecule has 184 valence electrons. The number of carbonyl (C=O) groups excluding carboxylic acids is 2. The topological polar surface area (TPSA) is 136 Å². The molecule has 2 atom stereocenters. The summed E-state index contributed by atoms with van der Waals surface area (Å²) in [5, 5.41) is 13.5. The summed E-state index contributed by atoms with van der Waals surface area (Å²) in [4.78, 5) is 25.0. The van der Waals surface area contributed by atoms with Gasteiger partial charge in [-0.2, -0.15) is 8.99 Å². The Labute approximate surface area is 203 Å². The number of nitrogens with zero attached hydrogens (tertiary/aromatic N) is 5. The molecule has 2 aromatic carbocycles. The van der Waals surface area contributed by atoms with Crippen molar-refractivity contribution in [2.45, 2.75) is 25.2 Å². The van der Waals surface area contributed by atoms with Crippen molar-refractivity contribution in [2.75, 3.05) is 25.0 Å². The normalized spacial score (nSPS) is 18.7. The number of amides is 1. The summed E-state index contributed by atoms with van der Waals surface area (Å²) < 4.78 is 34.0. The second-order valence-corrected chi connectivity index (χ2v) is 10.6. The van der Waals surface area contributed by atoms with Gasteiger partial charge in [-0.05, 0) is 65.1 Å². The molecule has 0 saturated carbocycles. The number of anilines is 1. The third kappa shape index (κ3) is 5.72. The van der Waals surface area contributed by atoms with Crippen LogP contribution in [-0.2, 0) is 19.6 Å². The highest BCUT2D eigenvalue weighted by Crippen LogP contribution is 2.27. The molecule has 1 aromatic heterocycles. The van der Waals surface area contributed by atoms with Gasteiger partial charge in [0.2, 0.25) is 10.0 Å². The molecule has 1 N–H and O–H groups in total. The van der Waals surface area contributed by atoms with E-state index in [0.717, 1.165) is 6.42 Å². The van der Waals surface area contributed by atoms with Gasteiger partial charge in [0.1, 0.15) is 6.33 Å². The fourth-order valence-electron chi connectivity index (χ4n) is 4.18. The molecule has 2 unspecified atom stereocenters. The number of esters is 1. The van der Waals surface area contributed by atoms with Crippen LogP contribution in [-0.4, -0.2) is 64.5 Å². The Morgan fingerprint density at radius 2 is 1.74 bits per heavy atom. The van der Waals surface area contributed by atoms with Crippen LogP contribution in [0.25, 0.3) is 5.69 Å². The highest BCUT2D eigenvalue weighted by molar-refractivity contribution is 7.89. The number of sulfonamides is 1. The second-order valence-electron chi connectivity index (χ2n) is 8.69. The van der Waals surface area contributed by atoms with Gasteiger partial charge in [-0.15, -0.1) is 5.10 Å². The first kappa shape index (κ1) is 24.5. The standard InChI is InChI=1S/C23H26N6O5S/c1-16-11-17(2)13-28(12-16)35(32,33)19-9-7-18(8-10-19)25-22(30)14-34-23(31)20-5-3-4-6-21(20)29-15-24-26-27-29/h3-10,15-17H,11-14H2,1-2H3,(H,25,30). The van der Waals surface area contributed by atoms with Gasteiger partial charge in [-0.25, -0.2) is 13.2 Å². The van der Waals surface area contributed by atoms with Gasteiger partial charge in [-0.1, -0.05) is 26.0 Å². The van der Waals surface area contributed by atoms with Crippen LogP contribution < -0.4 is 5.32 Å². The number of benzene rings is 2. The number of carbonyl (C=O) groups is 2. The van der Waals surface area contributed by atoms with Gasteiger partial charge < -0.3 is 10.1 Å². The number of tetrazole rings is 1. The van der Waals surface area contributed by atoms with Gasteiger partial charge in [0, 0.05) is 18.8 Å². The zero-order valence-corrected chi connectivity index (χ0v) is 20.2. The number of nitrogens with one attached hydrogen (secondary N) is 1. The highest BCUT2D eigenvalue weighted by atomic mass is 32.2. The number of hydrogen-bond donors (Lipinski definition) is 1. The molecular formula is C23H26N6O5S. The van der Waals surface area contributed by atoms with Gasteiger partial charge in [0.25, 0.3) is 5.91 Å². The minimum atomic E-state index is -3.61. The SMILES string of the molecule is CC1CC(C)CN(S(=O)(=O)c2ccc(NC(=O)COC(=O)c3ccccc3-n3cnnn3)cc2)C1. The maximum atomic E-state index is 13.0. The van der Waals surface area contributed by atoms with E-state index < -0.39 is 28.5 Å². The first-order chi connectivity index (χ1) is 16.7. The first-order valence-corrected chi connectivity index (χ1v) is 12.6. The predicted octanol–water partition coefficient (Wildman–Crippen LogP) is 2.12. The molecule has 0 radical (unpaired) electrons. The summed E-state index contributed by atoms with van der Waals surface area (Å²) in [7, 11) is -3.61. The van der Waals surface area contributed by atoms with Crippen molar-refractivity contribution in [3.8, 4) is 5.69 Å². The minimum absolute atomic E-state index is 0.169. The summed E-state index contributed by atoms with van der Waals surface area (Å²) in [6.45, 7) is 4.56. The van der Waals surface area contributed by atoms with Crippen molar-refractivity contribution in [2.24, 2.45) is 11.8 Å². The minimum Gasteiger partial charge on any atom is -0.452 e. The lowest BCUT2D eigenvalue weighted by Gasteiger charge is -2.34. The van der Waals surface area contributed by atoms with Crippen molar-refractivity contribution in [3.05, 3.63) is 60.4 Å². The summed E-state index contributed by atoms with van der Waals surface area (Å²) >= 11 is 0. The predicted molar refractivity (Wildman–Crippen MR) is 126 cm³/mol. The summed E-state index contributed by atoms with van der Waals surface area (Å²) in [6.07, 6.45) is 2.35. The largest absolute Gasteiger partial charge is 0.452 e. The third-order valence-electron chi connectivity index (χ3n) is 5.67. The fraction of sp³-hybridized carbons (Fsp3) is 0.348. The number of ether oxygens (including phenoxy) is 1. The average Bonchev–Trinajstić information content (AvgIpc) is 3.37. The number of piperidine rings is 1. The molecule has 2 heterocycles. The number of aromatic nitrogens is 4. The van der Waals surface area contributed by atoms with E-state index in [1.54, 1.807) is 24.3 Å². The van der Waals surface area contributed by atoms with Crippen LogP contribution in [0.4, 0.5) is 5.69 Å². The number of rotatable bonds is 7. The Hall–Kier alpha value is -3.64. The fourth-order valence-corrected chi connectivity index (χ4v) is 5.86. The van der Waals surface area contributed by atoms with Crippen LogP contribution in [0, 0.1) is 11.8 Å². The van der Waals surface area contributed by atoms with Crippen molar-refractivity contribution in [1.82, 2.24) is 24.5 Å². The quantitative estimate of drug-likeness (QED) is 0.489. The molecule has 3 aromatic rings. The van der Waals surface area contributed by atoms with Gasteiger partial charge in [0.15, 0.2) is 6.61 Å². The molecule has 0 aliphatic carbocycles. The van der Waals surface area contributed by atoms with Crippen LogP contribution in [0.1, 0.15) is 30.6 Å². The molecule has 4 rings (SSSR count). The van der Waals surface area contributed by atoms with E-state index >= 15 is 0 Å². The summed E-state index contributed by atoms with van der Waals surface area (Å²) in [5.74, 6) is -0.672. The molecular weight excluding hydrogens is 472 g/mol. The van der Waals surface area contributed by atoms with Crippen molar-refractivity contribution in [3.63, 3.8) is 0 Å². The molecule has 11 nitrogen and oxygen atoms in total. The van der Waals surface area contributed by atoms with Crippen LogP contribution in [0.5, 0.6) is 0 Å². The Bertz CT molecular complexity index is 1280. The molecule has 0 bridgehead atoms. The molecule has 12 heteroatoms. The van der Waals surface area contributed by atoms with Gasteiger partial charge in [0.05, 0.1) is 16.1 Å². The third-order valence-corrected chi connectivity index (χ3v) is 7.51. The maximum Gasteiger partial charge on any atom is 0.340 e. The molecule has 1 amide bonds. The van der Waals surface area contributed by atoms with Crippen molar-refractivity contribution < 1.29 is 22.7 Å². The maximum absolute atomic E-state index is 13.0. The van der Waals surface area contributed by atoms with Crippen LogP contribution in [0.15, 0.2) is 59.8 Å². The van der Waals surface area contributed by atoms with Crippen molar-refractivity contribution >= 4 is 27.6 Å². The Balaban J connectivity index is 1.35. The Morgan fingerprint density at radius 3 is 2.40 bits per heavy atom. The lowest BCUT2D eigenvalue weighted by Crippen LogP contribution is -2.42. The van der Waals surface area contributed by atoms with Gasteiger partial charge in [-0.3, -0.25) is 4.79 Å².